The second-order valence-electron chi connectivity index (χ2n) is 7.88. The van der Waals surface area contributed by atoms with Crippen LogP contribution in [0.2, 0.25) is 0 Å². The summed E-state index contributed by atoms with van der Waals surface area (Å²) in [6.07, 6.45) is 1.79. The minimum absolute atomic E-state index is 0.0947. The number of likely N-dealkylation sites (tertiary alicyclic amines) is 1. The molecule has 0 radical (unpaired) electrons. The first kappa shape index (κ1) is 23.2. The summed E-state index contributed by atoms with van der Waals surface area (Å²) < 4.78 is 12.9. The smallest absolute Gasteiger partial charge is 0.315 e. The lowest BCUT2D eigenvalue weighted by Crippen LogP contribution is -2.40. The number of piperidine rings is 1. The first-order valence-electron chi connectivity index (χ1n) is 10.6. The average molecular weight is 442 g/mol. The number of nitrogens with one attached hydrogen (secondary N) is 3. The van der Waals surface area contributed by atoms with Gasteiger partial charge < -0.3 is 21.7 Å². The van der Waals surface area contributed by atoms with Crippen LogP contribution >= 0.6 is 0 Å². The Morgan fingerprint density at radius 2 is 1.69 bits per heavy atom. The van der Waals surface area contributed by atoms with Crippen molar-refractivity contribution >= 4 is 23.5 Å². The molecule has 9 heteroatoms. The van der Waals surface area contributed by atoms with E-state index in [0.29, 0.717) is 18.8 Å². The molecule has 0 spiro atoms. The van der Waals surface area contributed by atoms with E-state index in [1.54, 1.807) is 24.3 Å². The molecule has 1 heterocycles. The van der Waals surface area contributed by atoms with E-state index in [9.17, 15) is 18.8 Å². The van der Waals surface area contributed by atoms with Crippen molar-refractivity contribution in [1.82, 2.24) is 15.5 Å². The van der Waals surface area contributed by atoms with Crippen LogP contribution in [0.4, 0.5) is 14.9 Å². The zero-order valence-electron chi connectivity index (χ0n) is 17.8. The summed E-state index contributed by atoms with van der Waals surface area (Å²) in [6, 6.07) is 12.7. The molecule has 2 aromatic rings. The molecule has 1 saturated heterocycles. The van der Waals surface area contributed by atoms with E-state index in [4.69, 9.17) is 5.73 Å². The maximum absolute atomic E-state index is 12.9. The highest BCUT2D eigenvalue weighted by molar-refractivity contribution is 5.94. The Labute approximate surface area is 186 Å². The highest BCUT2D eigenvalue weighted by Crippen LogP contribution is 2.19. The fourth-order valence-corrected chi connectivity index (χ4v) is 3.60. The number of rotatable bonds is 8. The Balaban J connectivity index is 1.38. The van der Waals surface area contributed by atoms with Crippen molar-refractivity contribution in [3.63, 3.8) is 0 Å². The van der Waals surface area contributed by atoms with Gasteiger partial charge in [-0.2, -0.15) is 0 Å². The lowest BCUT2D eigenvalue weighted by Gasteiger charge is -2.31. The summed E-state index contributed by atoms with van der Waals surface area (Å²) in [6.45, 7) is 2.36. The molecule has 5 N–H and O–H groups in total. The van der Waals surface area contributed by atoms with Crippen molar-refractivity contribution in [1.29, 1.82) is 0 Å². The lowest BCUT2D eigenvalue weighted by atomic mass is 9.97. The SMILES string of the molecule is NC(=O)C1CCCN(Cc2ccc(NC(=O)CNC(=O)NCc3ccc(F)cc3)cc2)C1. The fourth-order valence-electron chi connectivity index (χ4n) is 3.60. The number of hydrogen-bond donors (Lipinski definition) is 4. The van der Waals surface area contributed by atoms with Crippen LogP contribution in [-0.2, 0) is 22.7 Å². The summed E-state index contributed by atoms with van der Waals surface area (Å²) in [5.74, 6) is -1.03. The van der Waals surface area contributed by atoms with E-state index in [1.807, 2.05) is 12.1 Å². The molecule has 1 aliphatic heterocycles. The van der Waals surface area contributed by atoms with Gasteiger partial charge in [0.05, 0.1) is 12.5 Å². The molecule has 3 rings (SSSR count). The fraction of sp³-hybridized carbons (Fsp3) is 0.348. The van der Waals surface area contributed by atoms with E-state index in [2.05, 4.69) is 20.9 Å². The predicted molar refractivity (Wildman–Crippen MR) is 119 cm³/mol. The third-order valence-electron chi connectivity index (χ3n) is 5.33. The number of carbonyl (C=O) groups is 3. The van der Waals surface area contributed by atoms with Gasteiger partial charge in [-0.15, -0.1) is 0 Å². The van der Waals surface area contributed by atoms with Gasteiger partial charge in [-0.3, -0.25) is 14.5 Å². The number of urea groups is 1. The number of carbonyl (C=O) groups excluding carboxylic acids is 3. The molecule has 170 valence electrons. The summed E-state index contributed by atoms with van der Waals surface area (Å²) in [5, 5.41) is 7.82. The average Bonchev–Trinajstić information content (AvgIpc) is 2.79. The van der Waals surface area contributed by atoms with E-state index in [1.165, 1.54) is 12.1 Å². The molecule has 0 bridgehead atoms. The number of primary amides is 1. The Kier molecular flexibility index (Phi) is 8.15. The molecule has 1 unspecified atom stereocenters. The van der Waals surface area contributed by atoms with Gasteiger partial charge in [0.1, 0.15) is 5.82 Å². The van der Waals surface area contributed by atoms with E-state index >= 15 is 0 Å². The zero-order valence-corrected chi connectivity index (χ0v) is 17.8. The zero-order chi connectivity index (χ0) is 22.9. The third-order valence-corrected chi connectivity index (χ3v) is 5.33. The summed E-state index contributed by atoms with van der Waals surface area (Å²) >= 11 is 0. The topological polar surface area (TPSA) is 117 Å². The maximum Gasteiger partial charge on any atom is 0.315 e. The third kappa shape index (κ3) is 7.35. The normalized spacial score (nSPS) is 16.2. The standard InChI is InChI=1S/C23H28FN5O3/c24-19-7-3-16(4-8-19)12-26-23(32)27-13-21(30)28-20-9-5-17(6-10-20)14-29-11-1-2-18(15-29)22(25)31/h3-10,18H,1-2,11-15H2,(H2,25,31)(H,28,30)(H2,26,27,32). The van der Waals surface area contributed by atoms with Crippen molar-refractivity contribution in [2.45, 2.75) is 25.9 Å². The Morgan fingerprint density at radius 3 is 2.38 bits per heavy atom. The number of halogens is 1. The number of nitrogens with zero attached hydrogens (tertiary/aromatic N) is 1. The number of benzene rings is 2. The van der Waals surface area contributed by atoms with Crippen LogP contribution in [0.5, 0.6) is 0 Å². The molecule has 1 atom stereocenters. The van der Waals surface area contributed by atoms with Crippen molar-refractivity contribution in [3.8, 4) is 0 Å². The Bertz CT molecular complexity index is 934. The molecule has 2 aromatic carbocycles. The summed E-state index contributed by atoms with van der Waals surface area (Å²) in [5.41, 5.74) is 7.88. The molecular weight excluding hydrogens is 413 g/mol. The number of amides is 4. The van der Waals surface area contributed by atoms with Gasteiger partial charge in [-0.1, -0.05) is 24.3 Å². The van der Waals surface area contributed by atoms with Gasteiger partial charge in [0.2, 0.25) is 11.8 Å². The van der Waals surface area contributed by atoms with Crippen molar-refractivity contribution in [2.24, 2.45) is 11.7 Å². The maximum atomic E-state index is 12.9. The van der Waals surface area contributed by atoms with Crippen LogP contribution in [-0.4, -0.2) is 42.4 Å². The molecular formula is C23H28FN5O3. The second kappa shape index (κ2) is 11.2. The monoisotopic (exact) mass is 441 g/mol. The second-order valence-corrected chi connectivity index (χ2v) is 7.88. The van der Waals surface area contributed by atoms with Crippen LogP contribution < -0.4 is 21.7 Å². The van der Waals surface area contributed by atoms with Gasteiger partial charge in [0.15, 0.2) is 0 Å². The molecule has 1 fully saturated rings. The molecule has 8 nitrogen and oxygen atoms in total. The first-order chi connectivity index (χ1) is 15.4. The van der Waals surface area contributed by atoms with Crippen LogP contribution in [0.3, 0.4) is 0 Å². The van der Waals surface area contributed by atoms with E-state index in [-0.39, 0.29) is 36.6 Å². The van der Waals surface area contributed by atoms with Crippen LogP contribution in [0.25, 0.3) is 0 Å². The van der Waals surface area contributed by atoms with E-state index in [0.717, 1.165) is 30.5 Å². The first-order valence-corrected chi connectivity index (χ1v) is 10.6. The molecule has 4 amide bonds. The Morgan fingerprint density at radius 1 is 1.00 bits per heavy atom. The van der Waals surface area contributed by atoms with Gasteiger partial charge >= 0.3 is 6.03 Å². The van der Waals surface area contributed by atoms with Crippen LogP contribution in [0, 0.1) is 11.7 Å². The van der Waals surface area contributed by atoms with Crippen molar-refractivity contribution in [3.05, 3.63) is 65.5 Å². The Hall–Kier alpha value is -3.46. The van der Waals surface area contributed by atoms with Crippen molar-refractivity contribution in [2.75, 3.05) is 25.0 Å². The van der Waals surface area contributed by atoms with Gasteiger partial charge in [-0.25, -0.2) is 9.18 Å². The van der Waals surface area contributed by atoms with Gasteiger partial charge in [0.25, 0.3) is 0 Å². The highest BCUT2D eigenvalue weighted by atomic mass is 19.1. The van der Waals surface area contributed by atoms with E-state index < -0.39 is 6.03 Å². The minimum Gasteiger partial charge on any atom is -0.369 e. The number of nitrogens with two attached hydrogens (primary N) is 1. The van der Waals surface area contributed by atoms with Crippen molar-refractivity contribution < 1.29 is 18.8 Å². The van der Waals surface area contributed by atoms with Gasteiger partial charge in [-0.05, 0) is 54.8 Å². The minimum atomic E-state index is -0.490. The molecule has 0 aromatic heterocycles. The summed E-state index contributed by atoms with van der Waals surface area (Å²) in [7, 11) is 0. The lowest BCUT2D eigenvalue weighted by molar-refractivity contribution is -0.123. The summed E-state index contributed by atoms with van der Waals surface area (Å²) in [4.78, 5) is 37.5. The number of hydrogen-bond acceptors (Lipinski definition) is 4. The number of anilines is 1. The molecule has 0 aliphatic carbocycles. The predicted octanol–water partition coefficient (Wildman–Crippen LogP) is 1.96. The molecule has 32 heavy (non-hydrogen) atoms. The molecule has 0 saturated carbocycles. The highest BCUT2D eigenvalue weighted by Gasteiger charge is 2.23. The van der Waals surface area contributed by atoms with Crippen LogP contribution in [0.15, 0.2) is 48.5 Å². The largest absolute Gasteiger partial charge is 0.369 e. The molecule has 1 aliphatic rings. The van der Waals surface area contributed by atoms with Gasteiger partial charge in [0, 0.05) is 25.3 Å². The quantitative estimate of drug-likeness (QED) is 0.501. The van der Waals surface area contributed by atoms with Crippen LogP contribution in [0.1, 0.15) is 24.0 Å².